The Morgan fingerprint density at radius 2 is 1.89 bits per heavy atom. The average Bonchev–Trinajstić information content (AvgIpc) is 2.38. The van der Waals surface area contributed by atoms with Crippen molar-refractivity contribution in [1.29, 1.82) is 0 Å². The zero-order valence-electron chi connectivity index (χ0n) is 11.3. The molecule has 1 aromatic carbocycles. The Morgan fingerprint density at radius 1 is 1.26 bits per heavy atom. The minimum atomic E-state index is -3.29. The zero-order valence-corrected chi connectivity index (χ0v) is 12.1. The SMILES string of the molecule is CNc1ccccc1C(=O)NCCS(=O)(=O)N(C)C. The molecule has 0 spiro atoms. The molecule has 0 fully saturated rings. The second-order valence-corrected chi connectivity index (χ2v) is 6.45. The van der Waals surface area contributed by atoms with E-state index in [1.54, 1.807) is 25.2 Å². The van der Waals surface area contributed by atoms with Crippen LogP contribution in [0.4, 0.5) is 5.69 Å². The van der Waals surface area contributed by atoms with Crippen LogP contribution in [0, 0.1) is 0 Å². The molecule has 0 aliphatic heterocycles. The van der Waals surface area contributed by atoms with E-state index in [0.29, 0.717) is 11.3 Å². The van der Waals surface area contributed by atoms with Gasteiger partial charge in [-0.2, -0.15) is 0 Å². The number of hydrogen-bond acceptors (Lipinski definition) is 4. The third-order valence-corrected chi connectivity index (χ3v) is 4.48. The second-order valence-electron chi connectivity index (χ2n) is 4.15. The zero-order chi connectivity index (χ0) is 14.5. The molecule has 1 rings (SSSR count). The van der Waals surface area contributed by atoms with Gasteiger partial charge in [-0.15, -0.1) is 0 Å². The number of benzene rings is 1. The molecule has 1 amide bonds. The van der Waals surface area contributed by atoms with Crippen LogP contribution in [0.3, 0.4) is 0 Å². The highest BCUT2D eigenvalue weighted by atomic mass is 32.2. The Hall–Kier alpha value is -1.60. The molecule has 0 unspecified atom stereocenters. The standard InChI is InChI=1S/C12H19N3O3S/c1-13-11-7-5-4-6-10(11)12(16)14-8-9-19(17,18)15(2)3/h4-7,13H,8-9H2,1-3H3,(H,14,16). The van der Waals surface area contributed by atoms with Crippen molar-refractivity contribution in [3.8, 4) is 0 Å². The molecule has 7 heteroatoms. The summed E-state index contributed by atoms with van der Waals surface area (Å²) in [6.45, 7) is 0.0807. The van der Waals surface area contributed by atoms with E-state index in [4.69, 9.17) is 0 Å². The first-order valence-corrected chi connectivity index (χ1v) is 7.44. The van der Waals surface area contributed by atoms with E-state index in [1.807, 2.05) is 6.07 Å². The minimum absolute atomic E-state index is 0.0807. The van der Waals surface area contributed by atoms with Crippen molar-refractivity contribution < 1.29 is 13.2 Å². The number of para-hydroxylation sites is 1. The number of anilines is 1. The van der Waals surface area contributed by atoms with Crippen LogP contribution in [0.2, 0.25) is 0 Å². The lowest BCUT2D eigenvalue weighted by atomic mass is 10.1. The van der Waals surface area contributed by atoms with Crippen LogP contribution >= 0.6 is 0 Å². The van der Waals surface area contributed by atoms with Gasteiger partial charge in [0.25, 0.3) is 5.91 Å². The molecule has 1 aromatic rings. The summed E-state index contributed by atoms with van der Waals surface area (Å²) in [6.07, 6.45) is 0. The molecule has 6 nitrogen and oxygen atoms in total. The maximum Gasteiger partial charge on any atom is 0.253 e. The van der Waals surface area contributed by atoms with Crippen LogP contribution in [0.5, 0.6) is 0 Å². The van der Waals surface area contributed by atoms with Gasteiger partial charge < -0.3 is 10.6 Å². The number of sulfonamides is 1. The molecule has 0 radical (unpaired) electrons. The van der Waals surface area contributed by atoms with Crippen molar-refractivity contribution >= 4 is 21.6 Å². The van der Waals surface area contributed by atoms with Crippen LogP contribution in [0.1, 0.15) is 10.4 Å². The highest BCUT2D eigenvalue weighted by Crippen LogP contribution is 2.13. The third kappa shape index (κ3) is 4.22. The molecule has 0 aromatic heterocycles. The highest BCUT2D eigenvalue weighted by molar-refractivity contribution is 7.89. The molecule has 0 aliphatic carbocycles. The molecule has 19 heavy (non-hydrogen) atoms. The van der Waals surface area contributed by atoms with E-state index in [9.17, 15) is 13.2 Å². The Balaban J connectivity index is 2.62. The van der Waals surface area contributed by atoms with E-state index in [2.05, 4.69) is 10.6 Å². The summed E-state index contributed by atoms with van der Waals surface area (Å²) in [7, 11) is 1.37. The van der Waals surface area contributed by atoms with Gasteiger partial charge in [-0.3, -0.25) is 4.79 Å². The fourth-order valence-electron chi connectivity index (χ4n) is 1.47. The lowest BCUT2D eigenvalue weighted by molar-refractivity contribution is 0.0957. The van der Waals surface area contributed by atoms with Gasteiger partial charge in [-0.1, -0.05) is 12.1 Å². The first kappa shape index (κ1) is 15.5. The summed E-state index contributed by atoms with van der Waals surface area (Å²) in [5, 5.41) is 5.51. The van der Waals surface area contributed by atoms with E-state index < -0.39 is 10.0 Å². The van der Waals surface area contributed by atoms with Crippen molar-refractivity contribution in [2.45, 2.75) is 0 Å². The second kappa shape index (κ2) is 6.53. The van der Waals surface area contributed by atoms with Crippen LogP contribution < -0.4 is 10.6 Å². The number of carbonyl (C=O) groups is 1. The average molecular weight is 285 g/mol. The van der Waals surface area contributed by atoms with Crippen molar-refractivity contribution in [3.05, 3.63) is 29.8 Å². The van der Waals surface area contributed by atoms with Crippen molar-refractivity contribution in [1.82, 2.24) is 9.62 Å². The predicted molar refractivity (Wildman–Crippen MR) is 75.8 cm³/mol. The summed E-state index contributed by atoms with van der Waals surface area (Å²) in [5.41, 5.74) is 1.20. The monoisotopic (exact) mass is 285 g/mol. The number of hydrogen-bond donors (Lipinski definition) is 2. The molecule has 0 aliphatic rings. The lowest BCUT2D eigenvalue weighted by Gasteiger charge is -2.12. The molecule has 0 saturated heterocycles. The van der Waals surface area contributed by atoms with Crippen LogP contribution in [0.25, 0.3) is 0 Å². The summed E-state index contributed by atoms with van der Waals surface area (Å²) in [4.78, 5) is 11.9. The Kier molecular flexibility index (Phi) is 5.31. The molecular formula is C12H19N3O3S. The Morgan fingerprint density at radius 3 is 2.47 bits per heavy atom. The lowest BCUT2D eigenvalue weighted by Crippen LogP contribution is -2.34. The van der Waals surface area contributed by atoms with Gasteiger partial charge in [-0.25, -0.2) is 12.7 Å². The molecule has 0 saturated carbocycles. The summed E-state index contributed by atoms with van der Waals surface area (Å²) in [5.74, 6) is -0.410. The molecule has 0 atom stereocenters. The number of carbonyl (C=O) groups excluding carboxylic acids is 1. The van der Waals surface area contributed by atoms with Crippen molar-refractivity contribution in [2.24, 2.45) is 0 Å². The Labute approximate surface area is 113 Å². The van der Waals surface area contributed by atoms with E-state index in [1.165, 1.54) is 14.1 Å². The van der Waals surface area contributed by atoms with Crippen LogP contribution in [0.15, 0.2) is 24.3 Å². The minimum Gasteiger partial charge on any atom is -0.387 e. The highest BCUT2D eigenvalue weighted by Gasteiger charge is 2.15. The summed E-state index contributed by atoms with van der Waals surface area (Å²) >= 11 is 0. The molecule has 0 bridgehead atoms. The smallest absolute Gasteiger partial charge is 0.253 e. The number of amides is 1. The van der Waals surface area contributed by atoms with Gasteiger partial charge >= 0.3 is 0 Å². The van der Waals surface area contributed by atoms with E-state index >= 15 is 0 Å². The quantitative estimate of drug-likeness (QED) is 0.790. The predicted octanol–water partition coefficient (Wildman–Crippen LogP) is 0.349. The van der Waals surface area contributed by atoms with Gasteiger partial charge in [0.05, 0.1) is 11.3 Å². The van der Waals surface area contributed by atoms with Crippen molar-refractivity contribution in [3.63, 3.8) is 0 Å². The number of nitrogens with one attached hydrogen (secondary N) is 2. The first-order chi connectivity index (χ1) is 8.88. The molecular weight excluding hydrogens is 266 g/mol. The Bertz CT molecular complexity index is 541. The van der Waals surface area contributed by atoms with Crippen LogP contribution in [-0.2, 0) is 10.0 Å². The van der Waals surface area contributed by atoms with Gasteiger partial charge in [0.15, 0.2) is 0 Å². The third-order valence-electron chi connectivity index (χ3n) is 2.64. The van der Waals surface area contributed by atoms with Gasteiger partial charge in [0, 0.05) is 33.4 Å². The maximum absolute atomic E-state index is 11.9. The largest absolute Gasteiger partial charge is 0.387 e. The van der Waals surface area contributed by atoms with Gasteiger partial charge in [-0.05, 0) is 12.1 Å². The fraction of sp³-hybridized carbons (Fsp3) is 0.417. The number of nitrogens with zero attached hydrogens (tertiary/aromatic N) is 1. The first-order valence-electron chi connectivity index (χ1n) is 5.83. The van der Waals surface area contributed by atoms with E-state index in [-0.39, 0.29) is 18.2 Å². The number of rotatable bonds is 6. The fourth-order valence-corrected chi connectivity index (χ4v) is 2.20. The molecule has 2 N–H and O–H groups in total. The van der Waals surface area contributed by atoms with Crippen molar-refractivity contribution in [2.75, 3.05) is 38.8 Å². The maximum atomic E-state index is 11.9. The summed E-state index contributed by atoms with van der Waals surface area (Å²) < 4.78 is 24.2. The normalized spacial score (nSPS) is 11.4. The molecule has 0 heterocycles. The topological polar surface area (TPSA) is 78.5 Å². The summed E-state index contributed by atoms with van der Waals surface area (Å²) in [6, 6.07) is 7.04. The van der Waals surface area contributed by atoms with Gasteiger partial charge in [0.1, 0.15) is 0 Å². The molecule has 106 valence electrons. The van der Waals surface area contributed by atoms with Crippen LogP contribution in [-0.4, -0.2) is 52.1 Å². The van der Waals surface area contributed by atoms with E-state index in [0.717, 1.165) is 4.31 Å². The van der Waals surface area contributed by atoms with Gasteiger partial charge in [0.2, 0.25) is 10.0 Å².